The average Bonchev–Trinajstić information content (AvgIpc) is 2.29. The molecule has 0 unspecified atom stereocenters. The maximum Gasteiger partial charge on any atom is 0.252 e. The smallest absolute Gasteiger partial charge is 0.252 e. The first-order valence-corrected chi connectivity index (χ1v) is 6.04. The molecule has 0 saturated carbocycles. The monoisotopic (exact) mass is 302 g/mol. The Morgan fingerprint density at radius 1 is 1.06 bits per heavy atom. The normalized spacial score (nSPS) is 9.33. The lowest BCUT2D eigenvalue weighted by Gasteiger charge is -1.91. The number of carbonyl (C=O) groups is 1. The van der Waals surface area contributed by atoms with Crippen molar-refractivity contribution in [2.45, 2.75) is 6.92 Å². The minimum atomic E-state index is -0.407. The van der Waals surface area contributed by atoms with Gasteiger partial charge in [0.1, 0.15) is 16.1 Å². The van der Waals surface area contributed by atoms with E-state index in [2.05, 4.69) is 9.97 Å². The summed E-state index contributed by atoms with van der Waals surface area (Å²) < 4.78 is 0. The number of rotatable bonds is 1. The van der Waals surface area contributed by atoms with Gasteiger partial charge in [-0.05, 0) is 18.5 Å². The third-order valence-corrected chi connectivity index (χ3v) is 2.38. The van der Waals surface area contributed by atoms with Gasteiger partial charge < -0.3 is 0 Å². The molecule has 0 N–H and O–H groups in total. The van der Waals surface area contributed by atoms with Crippen molar-refractivity contribution >= 4 is 40.0 Å². The zero-order chi connectivity index (χ0) is 13.5. The van der Waals surface area contributed by atoms with Crippen LogP contribution in [0, 0.1) is 6.92 Å². The molecule has 0 radical (unpaired) electrons. The van der Waals surface area contributed by atoms with Crippen molar-refractivity contribution < 1.29 is 4.79 Å². The first kappa shape index (κ1) is 14.9. The second-order valence-electron chi connectivity index (χ2n) is 3.20. The molecule has 0 atom stereocenters. The van der Waals surface area contributed by atoms with Gasteiger partial charge in [0, 0.05) is 11.6 Å². The van der Waals surface area contributed by atoms with Crippen molar-refractivity contribution in [3.63, 3.8) is 0 Å². The quantitative estimate of drug-likeness (QED) is 0.587. The second-order valence-corrected chi connectivity index (χ2v) is 4.32. The average molecular weight is 304 g/mol. The lowest BCUT2D eigenvalue weighted by atomic mass is 10.2. The lowest BCUT2D eigenvalue weighted by Crippen LogP contribution is -1.86. The topological polar surface area (TPSA) is 42.9 Å². The fraction of sp³-hybridized carbons (Fsp3) is 0.0833. The van der Waals surface area contributed by atoms with Gasteiger partial charge in [-0.1, -0.05) is 53.5 Å². The highest BCUT2D eigenvalue weighted by Crippen LogP contribution is 2.10. The molecule has 0 amide bonds. The zero-order valence-electron chi connectivity index (χ0n) is 9.40. The summed E-state index contributed by atoms with van der Waals surface area (Å²) in [6.45, 7) is 1.73. The minimum absolute atomic E-state index is 0.382. The Kier molecular flexibility index (Phi) is 6.05. The number of benzene rings is 1. The van der Waals surface area contributed by atoms with E-state index in [4.69, 9.17) is 34.8 Å². The summed E-state index contributed by atoms with van der Waals surface area (Å²) in [6, 6.07) is 10.2. The molecule has 1 aromatic heterocycles. The summed E-state index contributed by atoms with van der Waals surface area (Å²) in [5.74, 6) is 0.590. The van der Waals surface area contributed by atoms with Crippen molar-refractivity contribution in [3.05, 3.63) is 58.1 Å². The summed E-state index contributed by atoms with van der Waals surface area (Å²) in [4.78, 5) is 18.0. The highest BCUT2D eigenvalue weighted by atomic mass is 35.5. The van der Waals surface area contributed by atoms with Crippen molar-refractivity contribution in [3.8, 4) is 0 Å². The van der Waals surface area contributed by atoms with Crippen LogP contribution in [0.1, 0.15) is 16.2 Å². The first-order valence-electron chi connectivity index (χ1n) is 4.90. The lowest BCUT2D eigenvalue weighted by molar-refractivity contribution is 0.108. The number of hydrogen-bond donors (Lipinski definition) is 0. The number of nitrogens with zero attached hydrogens (tertiary/aromatic N) is 2. The number of halogens is 3. The van der Waals surface area contributed by atoms with E-state index in [1.54, 1.807) is 31.2 Å². The number of carbonyl (C=O) groups excluding carboxylic acids is 1. The van der Waals surface area contributed by atoms with Crippen LogP contribution in [-0.4, -0.2) is 15.2 Å². The Labute approximate surface area is 120 Å². The molecule has 0 aliphatic carbocycles. The van der Waals surface area contributed by atoms with Gasteiger partial charge in [0.05, 0.1) is 0 Å². The van der Waals surface area contributed by atoms with E-state index in [9.17, 15) is 4.79 Å². The van der Waals surface area contributed by atoms with Gasteiger partial charge in [-0.2, -0.15) is 0 Å². The van der Waals surface area contributed by atoms with Gasteiger partial charge in [0.25, 0.3) is 5.24 Å². The predicted molar refractivity (Wildman–Crippen MR) is 73.4 cm³/mol. The Balaban J connectivity index is 0.000000180. The molecule has 1 heterocycles. The Morgan fingerprint density at radius 2 is 1.56 bits per heavy atom. The van der Waals surface area contributed by atoms with E-state index in [1.807, 2.05) is 6.07 Å². The molecule has 0 fully saturated rings. The zero-order valence-corrected chi connectivity index (χ0v) is 11.7. The third kappa shape index (κ3) is 5.45. The minimum Gasteiger partial charge on any atom is -0.276 e. The molecule has 1 aromatic carbocycles. The molecule has 2 aromatic rings. The van der Waals surface area contributed by atoms with Crippen molar-refractivity contribution in [1.82, 2.24) is 9.97 Å². The van der Waals surface area contributed by atoms with Crippen molar-refractivity contribution in [2.24, 2.45) is 0 Å². The Morgan fingerprint density at radius 3 is 1.89 bits per heavy atom. The van der Waals surface area contributed by atoms with Crippen LogP contribution in [0.4, 0.5) is 0 Å². The Hall–Kier alpha value is -1.16. The molecule has 0 aliphatic rings. The highest BCUT2D eigenvalue weighted by molar-refractivity contribution is 6.67. The summed E-state index contributed by atoms with van der Waals surface area (Å²) in [5, 5.41) is 0.357. The maximum atomic E-state index is 10.4. The van der Waals surface area contributed by atoms with Gasteiger partial charge in [-0.25, -0.2) is 9.97 Å². The van der Waals surface area contributed by atoms with E-state index >= 15 is 0 Å². The first-order chi connectivity index (χ1) is 8.49. The molecule has 18 heavy (non-hydrogen) atoms. The van der Waals surface area contributed by atoms with E-state index in [0.717, 1.165) is 0 Å². The SMILES string of the molecule is Cc1nc(Cl)cc(Cl)n1.O=C(Cl)c1ccccc1. The van der Waals surface area contributed by atoms with Gasteiger partial charge >= 0.3 is 0 Å². The van der Waals surface area contributed by atoms with Crippen LogP contribution in [-0.2, 0) is 0 Å². The molecule has 0 spiro atoms. The molecular formula is C12H9Cl3N2O. The van der Waals surface area contributed by atoms with Crippen LogP contribution in [0.25, 0.3) is 0 Å². The van der Waals surface area contributed by atoms with E-state index in [0.29, 0.717) is 21.7 Å². The fourth-order valence-electron chi connectivity index (χ4n) is 1.07. The number of hydrogen-bond acceptors (Lipinski definition) is 3. The molecule has 0 saturated heterocycles. The molecule has 6 heteroatoms. The summed E-state index contributed by atoms with van der Waals surface area (Å²) in [5.41, 5.74) is 0.541. The maximum absolute atomic E-state index is 10.4. The van der Waals surface area contributed by atoms with Gasteiger partial charge in [0.15, 0.2) is 0 Å². The van der Waals surface area contributed by atoms with Crippen LogP contribution >= 0.6 is 34.8 Å². The molecule has 94 valence electrons. The molecule has 3 nitrogen and oxygen atoms in total. The standard InChI is InChI=1S/C7H5ClO.C5H4Cl2N2/c8-7(9)6-4-2-1-3-5-6;1-3-8-4(6)2-5(7)9-3/h1-5H;2H,1H3. The van der Waals surface area contributed by atoms with Crippen LogP contribution in [0.2, 0.25) is 10.3 Å². The van der Waals surface area contributed by atoms with Gasteiger partial charge in [0.2, 0.25) is 0 Å². The highest BCUT2D eigenvalue weighted by Gasteiger charge is 1.96. The van der Waals surface area contributed by atoms with E-state index in [-0.39, 0.29) is 0 Å². The fourth-order valence-corrected chi connectivity index (χ4v) is 1.70. The van der Waals surface area contributed by atoms with Crippen molar-refractivity contribution in [1.29, 1.82) is 0 Å². The molecule has 2 rings (SSSR count). The second kappa shape index (κ2) is 7.31. The van der Waals surface area contributed by atoms with Crippen LogP contribution in [0.15, 0.2) is 36.4 Å². The summed E-state index contributed by atoms with van der Waals surface area (Å²) in [6.07, 6.45) is 0. The molecular weight excluding hydrogens is 295 g/mol. The summed E-state index contributed by atoms with van der Waals surface area (Å²) in [7, 11) is 0. The van der Waals surface area contributed by atoms with E-state index < -0.39 is 5.24 Å². The summed E-state index contributed by atoms with van der Waals surface area (Å²) >= 11 is 16.2. The molecule has 0 bridgehead atoms. The van der Waals surface area contributed by atoms with Crippen LogP contribution in [0.5, 0.6) is 0 Å². The molecule has 0 aliphatic heterocycles. The number of aromatic nitrogens is 2. The van der Waals surface area contributed by atoms with Crippen molar-refractivity contribution in [2.75, 3.05) is 0 Å². The largest absolute Gasteiger partial charge is 0.276 e. The number of aryl methyl sites for hydroxylation is 1. The van der Waals surface area contributed by atoms with Crippen LogP contribution < -0.4 is 0 Å². The van der Waals surface area contributed by atoms with Gasteiger partial charge in [-0.3, -0.25) is 4.79 Å². The van der Waals surface area contributed by atoms with E-state index in [1.165, 1.54) is 6.07 Å². The predicted octanol–water partition coefficient (Wildman–Crippen LogP) is 4.16. The third-order valence-electron chi connectivity index (χ3n) is 1.78. The van der Waals surface area contributed by atoms with Crippen LogP contribution in [0.3, 0.4) is 0 Å². The van der Waals surface area contributed by atoms with Gasteiger partial charge in [-0.15, -0.1) is 0 Å². The Bertz CT molecular complexity index is 482.